The molecule has 102 valence electrons. The molecule has 0 atom stereocenters. The van der Waals surface area contributed by atoms with Gasteiger partial charge in [-0.15, -0.1) is 0 Å². The topological polar surface area (TPSA) is 54.0 Å². The summed E-state index contributed by atoms with van der Waals surface area (Å²) in [6, 6.07) is 13.3. The van der Waals surface area contributed by atoms with Gasteiger partial charge in [-0.1, -0.05) is 30.3 Å². The second-order valence-electron chi connectivity index (χ2n) is 4.34. The van der Waals surface area contributed by atoms with E-state index in [-0.39, 0.29) is 6.03 Å². The van der Waals surface area contributed by atoms with E-state index >= 15 is 0 Å². The second-order valence-corrected chi connectivity index (χ2v) is 4.34. The Morgan fingerprint density at radius 1 is 1.20 bits per heavy atom. The third-order valence-corrected chi connectivity index (χ3v) is 2.82. The number of urea groups is 1. The summed E-state index contributed by atoms with van der Waals surface area (Å²) in [5, 5.41) is 5.41. The van der Waals surface area contributed by atoms with Crippen LogP contribution in [0.1, 0.15) is 16.8 Å². The third-order valence-electron chi connectivity index (χ3n) is 2.82. The molecule has 0 saturated carbocycles. The fourth-order valence-electron chi connectivity index (χ4n) is 1.71. The Morgan fingerprint density at radius 3 is 2.75 bits per heavy atom. The van der Waals surface area contributed by atoms with E-state index in [0.717, 1.165) is 11.3 Å². The lowest BCUT2D eigenvalue weighted by molar-refractivity contribution is 0.243. The molecule has 1 aromatic heterocycles. The van der Waals surface area contributed by atoms with Crippen molar-refractivity contribution in [3.05, 3.63) is 71.7 Å². The second kappa shape index (κ2) is 7.09. The highest BCUT2D eigenvalue weighted by Gasteiger charge is 1.98. The SMILES string of the molecule is Cc1ccccc1/C=C/NC(=O)NCc1ccccn1. The van der Waals surface area contributed by atoms with E-state index in [9.17, 15) is 4.79 Å². The van der Waals surface area contributed by atoms with Crippen LogP contribution in [0.15, 0.2) is 54.9 Å². The number of aryl methyl sites for hydroxylation is 1. The van der Waals surface area contributed by atoms with Gasteiger partial charge in [0.05, 0.1) is 12.2 Å². The summed E-state index contributed by atoms with van der Waals surface area (Å²) >= 11 is 0. The van der Waals surface area contributed by atoms with Crippen LogP contribution in [0.2, 0.25) is 0 Å². The summed E-state index contributed by atoms with van der Waals surface area (Å²) in [6.45, 7) is 2.44. The van der Waals surface area contributed by atoms with Gasteiger partial charge in [0.2, 0.25) is 0 Å². The van der Waals surface area contributed by atoms with Crippen LogP contribution in [0.5, 0.6) is 0 Å². The molecule has 4 heteroatoms. The monoisotopic (exact) mass is 267 g/mol. The predicted octanol–water partition coefficient (Wildman–Crippen LogP) is 2.86. The Labute approximate surface area is 118 Å². The number of pyridine rings is 1. The Balaban J connectivity index is 1.79. The molecule has 20 heavy (non-hydrogen) atoms. The number of hydrogen-bond acceptors (Lipinski definition) is 2. The van der Waals surface area contributed by atoms with E-state index in [1.54, 1.807) is 12.4 Å². The van der Waals surface area contributed by atoms with Gasteiger partial charge in [-0.3, -0.25) is 4.98 Å². The van der Waals surface area contributed by atoms with Crippen LogP contribution in [0.4, 0.5) is 4.79 Å². The number of amides is 2. The molecular weight excluding hydrogens is 250 g/mol. The van der Waals surface area contributed by atoms with E-state index in [1.165, 1.54) is 5.56 Å². The minimum Gasteiger partial charge on any atom is -0.332 e. The van der Waals surface area contributed by atoms with E-state index in [0.29, 0.717) is 6.54 Å². The molecule has 1 heterocycles. The first-order valence-corrected chi connectivity index (χ1v) is 6.42. The molecule has 4 nitrogen and oxygen atoms in total. The van der Waals surface area contributed by atoms with E-state index in [2.05, 4.69) is 15.6 Å². The molecule has 2 N–H and O–H groups in total. The quantitative estimate of drug-likeness (QED) is 0.895. The van der Waals surface area contributed by atoms with E-state index < -0.39 is 0 Å². The molecule has 0 aliphatic carbocycles. The minimum atomic E-state index is -0.250. The average molecular weight is 267 g/mol. The Bertz CT molecular complexity index is 594. The Kier molecular flexibility index (Phi) is 4.89. The summed E-state index contributed by atoms with van der Waals surface area (Å²) in [5.41, 5.74) is 3.07. The predicted molar refractivity (Wildman–Crippen MR) is 79.8 cm³/mol. The number of nitrogens with zero attached hydrogens (tertiary/aromatic N) is 1. The molecule has 0 spiro atoms. The average Bonchev–Trinajstić information content (AvgIpc) is 2.48. The highest BCUT2D eigenvalue weighted by Crippen LogP contribution is 2.07. The molecule has 0 aliphatic rings. The highest BCUT2D eigenvalue weighted by molar-refractivity contribution is 5.75. The van der Waals surface area contributed by atoms with E-state index in [1.807, 2.05) is 55.5 Å². The van der Waals surface area contributed by atoms with Crippen molar-refractivity contribution in [2.45, 2.75) is 13.5 Å². The smallest absolute Gasteiger partial charge is 0.319 e. The zero-order valence-electron chi connectivity index (χ0n) is 11.3. The molecule has 0 saturated heterocycles. The van der Waals surface area contributed by atoms with Gasteiger partial charge in [-0.2, -0.15) is 0 Å². The van der Waals surface area contributed by atoms with Crippen molar-refractivity contribution in [1.29, 1.82) is 0 Å². The van der Waals surface area contributed by atoms with Gasteiger partial charge in [-0.05, 0) is 36.3 Å². The van der Waals surface area contributed by atoms with Crippen molar-refractivity contribution in [1.82, 2.24) is 15.6 Å². The van der Waals surface area contributed by atoms with Gasteiger partial charge in [0.1, 0.15) is 0 Å². The first-order valence-electron chi connectivity index (χ1n) is 6.42. The van der Waals surface area contributed by atoms with E-state index in [4.69, 9.17) is 0 Å². The maximum atomic E-state index is 11.6. The fourth-order valence-corrected chi connectivity index (χ4v) is 1.71. The van der Waals surface area contributed by atoms with Crippen LogP contribution in [0.25, 0.3) is 6.08 Å². The van der Waals surface area contributed by atoms with Gasteiger partial charge in [0.15, 0.2) is 0 Å². The van der Waals surface area contributed by atoms with Gasteiger partial charge >= 0.3 is 6.03 Å². The summed E-state index contributed by atoms with van der Waals surface area (Å²) in [6.07, 6.45) is 5.21. The van der Waals surface area contributed by atoms with Gasteiger partial charge < -0.3 is 10.6 Å². The number of carbonyl (C=O) groups is 1. The zero-order chi connectivity index (χ0) is 14.2. The number of rotatable bonds is 4. The number of carbonyl (C=O) groups excluding carboxylic acids is 1. The van der Waals surface area contributed by atoms with Gasteiger partial charge in [-0.25, -0.2) is 4.79 Å². The largest absolute Gasteiger partial charge is 0.332 e. The minimum absolute atomic E-state index is 0.250. The highest BCUT2D eigenvalue weighted by atomic mass is 16.2. The van der Waals surface area contributed by atoms with Gasteiger partial charge in [0, 0.05) is 12.4 Å². The van der Waals surface area contributed by atoms with Crippen LogP contribution in [-0.2, 0) is 6.54 Å². The summed E-state index contributed by atoms with van der Waals surface area (Å²) in [7, 11) is 0. The van der Waals surface area contributed by atoms with Crippen molar-refractivity contribution in [2.75, 3.05) is 0 Å². The fraction of sp³-hybridized carbons (Fsp3) is 0.125. The standard InChI is InChI=1S/C16H17N3O/c1-13-6-2-3-7-14(13)9-11-18-16(20)19-12-15-8-4-5-10-17-15/h2-11H,12H2,1H3,(H2,18,19,20)/b11-9+. The number of hydrogen-bond donors (Lipinski definition) is 2. The van der Waals surface area contributed by atoms with Crippen molar-refractivity contribution in [2.24, 2.45) is 0 Å². The van der Waals surface area contributed by atoms with Crippen LogP contribution < -0.4 is 10.6 Å². The Morgan fingerprint density at radius 2 is 2.00 bits per heavy atom. The Hall–Kier alpha value is -2.62. The maximum absolute atomic E-state index is 11.6. The molecule has 0 bridgehead atoms. The first kappa shape index (κ1) is 13.8. The molecular formula is C16H17N3O. The van der Waals surface area contributed by atoms with Crippen molar-refractivity contribution in [3.63, 3.8) is 0 Å². The molecule has 2 rings (SSSR count). The number of aromatic nitrogens is 1. The lowest BCUT2D eigenvalue weighted by atomic mass is 10.1. The van der Waals surface area contributed by atoms with Crippen molar-refractivity contribution >= 4 is 12.1 Å². The molecule has 0 aliphatic heterocycles. The molecule has 1 aromatic carbocycles. The lowest BCUT2D eigenvalue weighted by Crippen LogP contribution is -2.31. The summed E-state index contributed by atoms with van der Waals surface area (Å²) in [4.78, 5) is 15.7. The summed E-state index contributed by atoms with van der Waals surface area (Å²) in [5.74, 6) is 0. The van der Waals surface area contributed by atoms with Gasteiger partial charge in [0.25, 0.3) is 0 Å². The van der Waals surface area contributed by atoms with Crippen LogP contribution in [0, 0.1) is 6.92 Å². The normalized spacial score (nSPS) is 10.4. The third kappa shape index (κ3) is 4.24. The molecule has 0 fully saturated rings. The molecule has 0 radical (unpaired) electrons. The first-order chi connectivity index (χ1) is 9.75. The maximum Gasteiger partial charge on any atom is 0.319 e. The van der Waals surface area contributed by atoms with Crippen molar-refractivity contribution < 1.29 is 4.79 Å². The van der Waals surface area contributed by atoms with Crippen LogP contribution in [-0.4, -0.2) is 11.0 Å². The lowest BCUT2D eigenvalue weighted by Gasteiger charge is -2.04. The van der Waals surface area contributed by atoms with Crippen LogP contribution in [0.3, 0.4) is 0 Å². The number of nitrogens with one attached hydrogen (secondary N) is 2. The van der Waals surface area contributed by atoms with Crippen LogP contribution >= 0.6 is 0 Å². The molecule has 2 amide bonds. The molecule has 0 unspecified atom stereocenters. The number of benzene rings is 1. The molecule has 2 aromatic rings. The zero-order valence-corrected chi connectivity index (χ0v) is 11.3. The van der Waals surface area contributed by atoms with Crippen molar-refractivity contribution in [3.8, 4) is 0 Å². The summed E-state index contributed by atoms with van der Waals surface area (Å²) < 4.78 is 0.